The lowest BCUT2D eigenvalue weighted by Gasteiger charge is -2.39. The molecule has 0 saturated carbocycles. The van der Waals surface area contributed by atoms with Crippen molar-refractivity contribution in [1.82, 2.24) is 29.8 Å². The number of rotatable bonds is 9. The first kappa shape index (κ1) is 28.3. The van der Waals surface area contributed by atoms with Crippen LogP contribution in [0.15, 0.2) is 4.52 Å². The SMILES string of the molecule is CCCCC(=O)C1CCCc2c(-c3nc(N4CC(C)CC[C@@H]4CO)c4c(C)nn(CC5CCCN5C)c4n3)noc21. The molecule has 41 heavy (non-hydrogen) atoms. The lowest BCUT2D eigenvalue weighted by atomic mass is 9.83. The molecule has 3 aliphatic rings. The van der Waals surface area contributed by atoms with E-state index in [0.717, 1.165) is 99.1 Å². The normalized spacial score (nSPS) is 25.2. The minimum absolute atomic E-state index is 0.00680. The van der Waals surface area contributed by atoms with E-state index in [0.29, 0.717) is 35.7 Å². The smallest absolute Gasteiger partial charge is 0.186 e. The van der Waals surface area contributed by atoms with E-state index in [9.17, 15) is 9.90 Å². The van der Waals surface area contributed by atoms with Gasteiger partial charge in [-0.1, -0.05) is 25.4 Å². The summed E-state index contributed by atoms with van der Waals surface area (Å²) in [6.07, 6.45) is 9.32. The highest BCUT2D eigenvalue weighted by Crippen LogP contribution is 2.40. The monoisotopic (exact) mass is 563 g/mol. The van der Waals surface area contributed by atoms with Crippen molar-refractivity contribution in [1.29, 1.82) is 0 Å². The molecule has 4 atom stereocenters. The number of aryl methyl sites for hydroxylation is 1. The fourth-order valence-electron chi connectivity index (χ4n) is 7.19. The van der Waals surface area contributed by atoms with E-state index in [1.807, 2.05) is 6.92 Å². The van der Waals surface area contributed by atoms with E-state index < -0.39 is 0 Å². The van der Waals surface area contributed by atoms with Gasteiger partial charge in [0.25, 0.3) is 0 Å². The molecule has 3 aromatic rings. The Hall–Kier alpha value is -2.85. The first-order valence-electron chi connectivity index (χ1n) is 15.7. The van der Waals surface area contributed by atoms with Gasteiger partial charge in [0.2, 0.25) is 0 Å². The number of piperidine rings is 1. The average Bonchev–Trinajstić information content (AvgIpc) is 3.68. The van der Waals surface area contributed by atoms with Crippen LogP contribution < -0.4 is 4.90 Å². The number of aromatic nitrogens is 5. The number of aliphatic hydroxyl groups is 1. The number of carbonyl (C=O) groups excluding carboxylic acids is 1. The lowest BCUT2D eigenvalue weighted by molar-refractivity contribution is -0.121. The number of hydrogen-bond donors (Lipinski definition) is 1. The summed E-state index contributed by atoms with van der Waals surface area (Å²) in [7, 11) is 2.18. The summed E-state index contributed by atoms with van der Waals surface area (Å²) < 4.78 is 7.99. The first-order chi connectivity index (χ1) is 19.9. The van der Waals surface area contributed by atoms with Crippen LogP contribution in [0.3, 0.4) is 0 Å². The van der Waals surface area contributed by atoms with E-state index >= 15 is 0 Å². The highest BCUT2D eigenvalue weighted by atomic mass is 16.5. The van der Waals surface area contributed by atoms with Crippen LogP contribution in [0.1, 0.15) is 94.6 Å². The predicted molar refractivity (Wildman–Crippen MR) is 158 cm³/mol. The van der Waals surface area contributed by atoms with Crippen molar-refractivity contribution in [3.63, 3.8) is 0 Å². The van der Waals surface area contributed by atoms with Gasteiger partial charge in [0, 0.05) is 24.6 Å². The third-order valence-electron chi connectivity index (χ3n) is 9.66. The zero-order valence-corrected chi connectivity index (χ0v) is 25.1. The van der Waals surface area contributed by atoms with Gasteiger partial charge in [-0.05, 0) is 77.8 Å². The third-order valence-corrected chi connectivity index (χ3v) is 9.66. The maximum atomic E-state index is 13.1. The molecule has 3 unspecified atom stereocenters. The first-order valence-corrected chi connectivity index (χ1v) is 15.7. The average molecular weight is 564 g/mol. The van der Waals surface area contributed by atoms with Gasteiger partial charge in [-0.15, -0.1) is 0 Å². The summed E-state index contributed by atoms with van der Waals surface area (Å²) in [6, 6.07) is 0.405. The van der Waals surface area contributed by atoms with Crippen LogP contribution in [0.5, 0.6) is 0 Å². The Labute approximate surface area is 242 Å². The van der Waals surface area contributed by atoms with Gasteiger partial charge in [0.15, 0.2) is 22.9 Å². The van der Waals surface area contributed by atoms with Crippen molar-refractivity contribution >= 4 is 22.6 Å². The van der Waals surface area contributed by atoms with E-state index in [1.165, 1.54) is 6.42 Å². The van der Waals surface area contributed by atoms with Crippen LogP contribution in [-0.4, -0.2) is 79.5 Å². The lowest BCUT2D eigenvalue weighted by Crippen LogP contribution is -2.45. The van der Waals surface area contributed by atoms with Gasteiger partial charge in [-0.25, -0.2) is 14.6 Å². The molecule has 0 spiro atoms. The molecule has 1 N–H and O–H groups in total. The van der Waals surface area contributed by atoms with E-state index in [1.54, 1.807) is 0 Å². The summed E-state index contributed by atoms with van der Waals surface area (Å²) in [4.78, 5) is 28.1. The summed E-state index contributed by atoms with van der Waals surface area (Å²) in [5, 5.41) is 20.8. The van der Waals surface area contributed by atoms with E-state index in [2.05, 4.69) is 40.5 Å². The van der Waals surface area contributed by atoms with Gasteiger partial charge in [0.1, 0.15) is 11.6 Å². The molecule has 0 aromatic carbocycles. The number of aliphatic hydroxyl groups excluding tert-OH is 1. The second-order valence-electron chi connectivity index (χ2n) is 12.7. The van der Waals surface area contributed by atoms with Crippen molar-refractivity contribution < 1.29 is 14.4 Å². The number of unbranched alkanes of at least 4 members (excludes halogenated alkanes) is 1. The van der Waals surface area contributed by atoms with Crippen LogP contribution >= 0.6 is 0 Å². The molecule has 10 nitrogen and oxygen atoms in total. The van der Waals surface area contributed by atoms with Crippen molar-refractivity contribution in [3.05, 3.63) is 17.0 Å². The predicted octanol–water partition coefficient (Wildman–Crippen LogP) is 4.66. The molecule has 0 bridgehead atoms. The van der Waals surface area contributed by atoms with Gasteiger partial charge in [-0.3, -0.25) is 4.79 Å². The molecule has 3 aromatic heterocycles. The molecule has 2 fully saturated rings. The highest BCUT2D eigenvalue weighted by Gasteiger charge is 2.36. The molecule has 10 heteroatoms. The Balaban J connectivity index is 1.48. The number of Topliss-reactive ketones (excluding diaryl/α,β-unsaturated/α-hetero) is 1. The summed E-state index contributed by atoms with van der Waals surface area (Å²) in [6.45, 7) is 9.17. The molecule has 222 valence electrons. The fraction of sp³-hybridized carbons (Fsp3) is 0.710. The van der Waals surface area contributed by atoms with Gasteiger partial charge >= 0.3 is 0 Å². The number of fused-ring (bicyclic) bond motifs is 2. The van der Waals surface area contributed by atoms with E-state index in [4.69, 9.17) is 19.6 Å². The zero-order chi connectivity index (χ0) is 28.7. The number of anilines is 1. The molecule has 1 aliphatic carbocycles. The Kier molecular flexibility index (Phi) is 8.14. The van der Waals surface area contributed by atoms with Crippen LogP contribution in [0.25, 0.3) is 22.6 Å². The number of likely N-dealkylation sites (N-methyl/N-ethyl adjacent to an activating group) is 1. The van der Waals surface area contributed by atoms with Crippen LogP contribution in [-0.2, 0) is 17.8 Å². The Morgan fingerprint density at radius 3 is 2.73 bits per heavy atom. The van der Waals surface area contributed by atoms with Crippen molar-refractivity contribution in [3.8, 4) is 11.5 Å². The molecule has 6 rings (SSSR count). The number of nitrogens with zero attached hydrogens (tertiary/aromatic N) is 7. The van der Waals surface area contributed by atoms with Gasteiger partial charge < -0.3 is 19.4 Å². The molecular formula is C31H45N7O3. The topological polar surface area (TPSA) is 113 Å². The minimum Gasteiger partial charge on any atom is -0.394 e. The summed E-state index contributed by atoms with van der Waals surface area (Å²) in [5.41, 5.74) is 3.33. The maximum Gasteiger partial charge on any atom is 0.186 e. The minimum atomic E-state index is -0.234. The van der Waals surface area contributed by atoms with Crippen LogP contribution in [0.2, 0.25) is 0 Å². The summed E-state index contributed by atoms with van der Waals surface area (Å²) >= 11 is 0. The van der Waals surface area contributed by atoms with Gasteiger partial charge in [0.05, 0.1) is 36.2 Å². The summed E-state index contributed by atoms with van der Waals surface area (Å²) in [5.74, 6) is 2.55. The molecule has 5 heterocycles. The quantitative estimate of drug-likeness (QED) is 0.397. The zero-order valence-electron chi connectivity index (χ0n) is 25.1. The molecule has 0 radical (unpaired) electrons. The number of hydrogen-bond acceptors (Lipinski definition) is 9. The van der Waals surface area contributed by atoms with Gasteiger partial charge in [-0.2, -0.15) is 5.10 Å². The number of ketones is 1. The highest BCUT2D eigenvalue weighted by molar-refractivity contribution is 5.92. The largest absolute Gasteiger partial charge is 0.394 e. The van der Waals surface area contributed by atoms with E-state index in [-0.39, 0.29) is 24.3 Å². The Bertz CT molecular complexity index is 1400. The standard InChI is InChI=1S/C31H45N7O3/c1-5-6-12-25(40)23-10-7-11-24-27(35-41-28(23)24)29-32-30(37-16-19(2)13-14-22(37)18-39)26-20(3)34-38(31(26)33-29)17-21-9-8-15-36(21)4/h19,21-23,39H,5-18H2,1-4H3/t19?,21?,22-,23?/m1/s1. The molecule has 0 amide bonds. The maximum absolute atomic E-state index is 13.1. The molecule has 2 aliphatic heterocycles. The fourth-order valence-corrected chi connectivity index (χ4v) is 7.19. The second-order valence-corrected chi connectivity index (χ2v) is 12.7. The Morgan fingerprint density at radius 1 is 1.12 bits per heavy atom. The van der Waals surface area contributed by atoms with Crippen molar-refractivity contribution in [2.75, 3.05) is 31.6 Å². The van der Waals surface area contributed by atoms with Crippen molar-refractivity contribution in [2.45, 2.75) is 110 Å². The van der Waals surface area contributed by atoms with Crippen LogP contribution in [0.4, 0.5) is 5.82 Å². The molecule has 2 saturated heterocycles. The van der Waals surface area contributed by atoms with Crippen molar-refractivity contribution in [2.24, 2.45) is 5.92 Å². The van der Waals surface area contributed by atoms with Crippen LogP contribution in [0, 0.1) is 12.8 Å². The second kappa shape index (κ2) is 11.8. The molecular weight excluding hydrogens is 518 g/mol. The third kappa shape index (κ3) is 5.29. The number of carbonyl (C=O) groups is 1. The number of likely N-dealkylation sites (tertiary alicyclic amines) is 1. The Morgan fingerprint density at radius 2 is 1.98 bits per heavy atom.